The fourth-order valence-corrected chi connectivity index (χ4v) is 3.06. The zero-order valence-electron chi connectivity index (χ0n) is 14.9. The highest BCUT2D eigenvalue weighted by atomic mass is 35.5. The number of H-pyrrole nitrogens is 1. The van der Waals surface area contributed by atoms with Crippen LogP contribution < -0.4 is 16.4 Å². The van der Waals surface area contributed by atoms with Gasteiger partial charge in [0.1, 0.15) is 22.4 Å². The molecule has 0 aliphatic rings. The van der Waals surface area contributed by atoms with Crippen molar-refractivity contribution in [2.45, 2.75) is 6.18 Å². The summed E-state index contributed by atoms with van der Waals surface area (Å²) in [6.07, 6.45) is -2.45. The van der Waals surface area contributed by atoms with Gasteiger partial charge < -0.3 is 21.4 Å². The topological polar surface area (TPSA) is 105 Å². The maximum Gasteiger partial charge on any atom is 0.418 e. The van der Waals surface area contributed by atoms with Crippen LogP contribution in [-0.2, 0) is 6.18 Å². The molecule has 0 fully saturated rings. The fraction of sp³-hybridized carbons (Fsp3) is 0.0556. The van der Waals surface area contributed by atoms with E-state index < -0.39 is 17.6 Å². The molecule has 30 heavy (non-hydrogen) atoms. The maximum atomic E-state index is 14.6. The summed E-state index contributed by atoms with van der Waals surface area (Å²) in [6, 6.07) is 6.77. The van der Waals surface area contributed by atoms with Gasteiger partial charge in [0.2, 0.25) is 5.95 Å². The number of nitrogens with two attached hydrogens (primary N) is 1. The Kier molecular flexibility index (Phi) is 4.82. The molecule has 1 aromatic carbocycles. The van der Waals surface area contributed by atoms with Gasteiger partial charge >= 0.3 is 6.18 Å². The van der Waals surface area contributed by atoms with Gasteiger partial charge in [-0.1, -0.05) is 11.6 Å². The summed E-state index contributed by atoms with van der Waals surface area (Å²) in [4.78, 5) is 14.0. The molecule has 3 heterocycles. The Balaban J connectivity index is 1.64. The van der Waals surface area contributed by atoms with Crippen LogP contribution in [-0.4, -0.2) is 19.9 Å². The van der Waals surface area contributed by atoms with Crippen LogP contribution in [0.15, 0.2) is 42.7 Å². The van der Waals surface area contributed by atoms with Gasteiger partial charge in [-0.05, 0) is 24.3 Å². The van der Waals surface area contributed by atoms with Crippen molar-refractivity contribution >= 4 is 51.5 Å². The molecular weight excluding hydrogens is 426 g/mol. The first-order valence-corrected chi connectivity index (χ1v) is 8.75. The van der Waals surface area contributed by atoms with Crippen LogP contribution >= 0.6 is 11.6 Å². The van der Waals surface area contributed by atoms with Crippen molar-refractivity contribution in [2.75, 3.05) is 16.4 Å². The molecule has 4 aromatic rings. The van der Waals surface area contributed by atoms with E-state index in [0.29, 0.717) is 5.69 Å². The molecule has 0 amide bonds. The Morgan fingerprint density at radius 3 is 2.53 bits per heavy atom. The Morgan fingerprint density at radius 2 is 1.83 bits per heavy atom. The molecule has 0 saturated heterocycles. The first-order chi connectivity index (χ1) is 14.2. The lowest BCUT2D eigenvalue weighted by Gasteiger charge is -2.13. The summed E-state index contributed by atoms with van der Waals surface area (Å²) < 4.78 is 54.5. The third kappa shape index (κ3) is 3.92. The molecule has 0 radical (unpaired) electrons. The Hall–Kier alpha value is -3.60. The Labute approximate surface area is 171 Å². The van der Waals surface area contributed by atoms with Gasteiger partial charge in [-0.2, -0.15) is 18.2 Å². The second kappa shape index (κ2) is 7.34. The fourth-order valence-electron chi connectivity index (χ4n) is 2.87. The molecule has 0 spiro atoms. The van der Waals surface area contributed by atoms with Crippen molar-refractivity contribution in [3.05, 3.63) is 59.3 Å². The van der Waals surface area contributed by atoms with Crippen LogP contribution in [0.1, 0.15) is 5.56 Å². The predicted octanol–water partition coefficient (Wildman–Crippen LogP) is 5.23. The van der Waals surface area contributed by atoms with E-state index in [1.54, 1.807) is 0 Å². The molecule has 0 aliphatic heterocycles. The minimum Gasteiger partial charge on any atom is -0.368 e. The molecule has 0 aliphatic carbocycles. The van der Waals surface area contributed by atoms with Crippen molar-refractivity contribution < 1.29 is 17.6 Å². The molecule has 7 nitrogen and oxygen atoms in total. The molecular formula is C18H12ClF4N7. The van der Waals surface area contributed by atoms with Gasteiger partial charge in [0.15, 0.2) is 0 Å². The number of nitrogens with one attached hydrogen (secondary N) is 3. The zero-order chi connectivity index (χ0) is 21.5. The number of anilines is 5. The summed E-state index contributed by atoms with van der Waals surface area (Å²) in [7, 11) is 0. The van der Waals surface area contributed by atoms with Gasteiger partial charge in [-0.25, -0.2) is 14.4 Å². The van der Waals surface area contributed by atoms with E-state index >= 15 is 0 Å². The van der Waals surface area contributed by atoms with Crippen LogP contribution in [0, 0.1) is 5.82 Å². The third-order valence-corrected chi connectivity index (χ3v) is 4.30. The standard InChI is InChI=1S/C18H12ClF4N7/c19-13-6-14(30-17(24)29-13)27-8-1-2-11(10(20)5-8)28-12-3-4-25-16-15(12)9(7-26-16)18(21,22)23/h1-7H,(H2,25,26,28)(H3,24,27,29,30). The molecule has 5 N–H and O–H groups in total. The second-order valence-electron chi connectivity index (χ2n) is 6.16. The van der Waals surface area contributed by atoms with E-state index in [1.807, 2.05) is 0 Å². The van der Waals surface area contributed by atoms with Crippen LogP contribution in [0.5, 0.6) is 0 Å². The number of nitrogens with zero attached hydrogens (tertiary/aromatic N) is 3. The van der Waals surface area contributed by atoms with Crippen LogP contribution in [0.25, 0.3) is 11.0 Å². The largest absolute Gasteiger partial charge is 0.418 e. The van der Waals surface area contributed by atoms with Gasteiger partial charge in [0, 0.05) is 24.1 Å². The molecule has 0 unspecified atom stereocenters. The van der Waals surface area contributed by atoms with E-state index in [2.05, 4.69) is 30.6 Å². The van der Waals surface area contributed by atoms with Crippen molar-refractivity contribution in [3.63, 3.8) is 0 Å². The number of aromatic nitrogens is 4. The Morgan fingerprint density at radius 1 is 1.03 bits per heavy atom. The molecule has 0 bridgehead atoms. The molecule has 0 saturated carbocycles. The number of aromatic amines is 1. The van der Waals surface area contributed by atoms with Gasteiger partial charge in [-0.15, -0.1) is 0 Å². The quantitative estimate of drug-likeness (QED) is 0.257. The molecule has 4 rings (SSSR count). The summed E-state index contributed by atoms with van der Waals surface area (Å²) in [5.41, 5.74) is 5.00. The van der Waals surface area contributed by atoms with Crippen molar-refractivity contribution in [2.24, 2.45) is 0 Å². The van der Waals surface area contributed by atoms with Crippen LogP contribution in [0.2, 0.25) is 5.15 Å². The third-order valence-electron chi connectivity index (χ3n) is 4.10. The van der Waals surface area contributed by atoms with E-state index in [4.69, 9.17) is 17.3 Å². The lowest BCUT2D eigenvalue weighted by molar-refractivity contribution is -0.136. The minimum atomic E-state index is -4.59. The van der Waals surface area contributed by atoms with E-state index in [9.17, 15) is 17.6 Å². The van der Waals surface area contributed by atoms with Crippen LogP contribution in [0.3, 0.4) is 0 Å². The molecule has 12 heteroatoms. The Bertz CT molecular complexity index is 1220. The van der Waals surface area contributed by atoms with Gasteiger partial charge in [-0.3, -0.25) is 0 Å². The molecule has 0 atom stereocenters. The summed E-state index contributed by atoms with van der Waals surface area (Å²) >= 11 is 5.80. The number of rotatable bonds is 4. The normalized spacial score (nSPS) is 11.6. The highest BCUT2D eigenvalue weighted by Gasteiger charge is 2.35. The monoisotopic (exact) mass is 437 g/mol. The van der Waals surface area contributed by atoms with Gasteiger partial charge in [0.05, 0.1) is 22.3 Å². The zero-order valence-corrected chi connectivity index (χ0v) is 15.6. The number of benzene rings is 1. The number of fused-ring (bicyclic) bond motifs is 1. The van der Waals surface area contributed by atoms with E-state index in [1.165, 1.54) is 30.5 Å². The number of alkyl halides is 3. The predicted molar refractivity (Wildman–Crippen MR) is 106 cm³/mol. The number of pyridine rings is 1. The summed E-state index contributed by atoms with van der Waals surface area (Å²) in [5.74, 6) is -0.509. The lowest BCUT2D eigenvalue weighted by Crippen LogP contribution is -2.05. The highest BCUT2D eigenvalue weighted by molar-refractivity contribution is 6.29. The molecule has 154 valence electrons. The molecule has 3 aromatic heterocycles. The number of halogens is 5. The lowest BCUT2D eigenvalue weighted by atomic mass is 10.1. The van der Waals surface area contributed by atoms with E-state index in [-0.39, 0.29) is 39.3 Å². The summed E-state index contributed by atoms with van der Waals surface area (Å²) in [6.45, 7) is 0. The van der Waals surface area contributed by atoms with Crippen molar-refractivity contribution in [3.8, 4) is 0 Å². The highest BCUT2D eigenvalue weighted by Crippen LogP contribution is 2.38. The number of hydrogen-bond acceptors (Lipinski definition) is 6. The maximum absolute atomic E-state index is 14.6. The second-order valence-corrected chi connectivity index (χ2v) is 6.55. The van der Waals surface area contributed by atoms with Crippen molar-refractivity contribution in [1.82, 2.24) is 19.9 Å². The van der Waals surface area contributed by atoms with Gasteiger partial charge in [0.25, 0.3) is 0 Å². The SMILES string of the molecule is Nc1nc(Cl)cc(Nc2ccc(Nc3ccnc4[nH]cc(C(F)(F)F)c34)c(F)c2)n1. The van der Waals surface area contributed by atoms with Crippen molar-refractivity contribution in [1.29, 1.82) is 0 Å². The average molecular weight is 438 g/mol. The number of hydrogen-bond donors (Lipinski definition) is 4. The van der Waals surface area contributed by atoms with Crippen LogP contribution in [0.4, 0.5) is 46.4 Å². The smallest absolute Gasteiger partial charge is 0.368 e. The summed E-state index contributed by atoms with van der Waals surface area (Å²) in [5, 5.41) is 5.44. The first-order valence-electron chi connectivity index (χ1n) is 8.37. The number of nitrogen functional groups attached to an aromatic ring is 1. The first kappa shape index (κ1) is 19.7. The minimum absolute atomic E-state index is 0.0254. The average Bonchev–Trinajstić information content (AvgIpc) is 3.08. The van der Waals surface area contributed by atoms with E-state index in [0.717, 1.165) is 12.3 Å².